The lowest BCUT2D eigenvalue weighted by Gasteiger charge is -2.26. The largest absolute Gasteiger partial charge is 0.497 e. The van der Waals surface area contributed by atoms with E-state index in [0.29, 0.717) is 6.54 Å². The van der Waals surface area contributed by atoms with Gasteiger partial charge in [-0.25, -0.2) is 0 Å². The summed E-state index contributed by atoms with van der Waals surface area (Å²) in [7, 11) is 1.62. The SMILES string of the molecule is COc1ccc2c(CC(=O)NC[C@@H](c3ccco3)N3CCCC3)coc2c1. The maximum Gasteiger partial charge on any atom is 0.224 e. The Bertz CT molecular complexity index is 894. The number of amides is 1. The van der Waals surface area contributed by atoms with Crippen molar-refractivity contribution in [1.29, 1.82) is 0 Å². The van der Waals surface area contributed by atoms with Crippen LogP contribution < -0.4 is 10.1 Å². The average Bonchev–Trinajstić information content (AvgIpc) is 3.44. The van der Waals surface area contributed by atoms with E-state index in [1.54, 1.807) is 19.6 Å². The number of nitrogens with zero attached hydrogens (tertiary/aromatic N) is 1. The van der Waals surface area contributed by atoms with E-state index in [1.807, 2.05) is 30.3 Å². The van der Waals surface area contributed by atoms with Crippen LogP contribution in [0.2, 0.25) is 0 Å². The number of methoxy groups -OCH3 is 1. The normalized spacial score (nSPS) is 15.9. The molecule has 4 rings (SSSR count). The molecule has 2 aromatic heterocycles. The number of rotatable bonds is 7. The topological polar surface area (TPSA) is 67.8 Å². The van der Waals surface area contributed by atoms with Crippen LogP contribution in [-0.2, 0) is 11.2 Å². The zero-order valence-electron chi connectivity index (χ0n) is 15.4. The second-order valence-corrected chi connectivity index (χ2v) is 6.88. The van der Waals surface area contributed by atoms with Crippen molar-refractivity contribution >= 4 is 16.9 Å². The number of hydrogen-bond acceptors (Lipinski definition) is 5. The molecule has 0 bridgehead atoms. The van der Waals surface area contributed by atoms with Crippen LogP contribution >= 0.6 is 0 Å². The predicted octanol–water partition coefficient (Wildman–Crippen LogP) is 3.53. The third-order valence-corrected chi connectivity index (χ3v) is 5.16. The van der Waals surface area contributed by atoms with Gasteiger partial charge in [-0.3, -0.25) is 9.69 Å². The number of ether oxygens (including phenoxy) is 1. The molecule has 6 heteroatoms. The standard InChI is InChI=1S/C21H24N2O4/c1-25-16-6-7-17-15(14-27-20(17)12-16)11-21(24)22-13-18(19-5-4-10-26-19)23-8-2-3-9-23/h4-7,10,12,14,18H,2-3,8-9,11,13H2,1H3,(H,22,24)/t18-/m0/s1. The van der Waals surface area contributed by atoms with E-state index in [-0.39, 0.29) is 18.4 Å². The van der Waals surface area contributed by atoms with Crippen LogP contribution in [0.4, 0.5) is 0 Å². The van der Waals surface area contributed by atoms with E-state index in [9.17, 15) is 4.79 Å². The van der Waals surface area contributed by atoms with E-state index in [4.69, 9.17) is 13.6 Å². The van der Waals surface area contributed by atoms with Gasteiger partial charge in [-0.1, -0.05) is 0 Å². The second kappa shape index (κ2) is 7.88. The zero-order valence-corrected chi connectivity index (χ0v) is 15.4. The lowest BCUT2D eigenvalue weighted by atomic mass is 10.1. The fraction of sp³-hybridized carbons (Fsp3) is 0.381. The molecule has 1 N–H and O–H groups in total. The Kier molecular flexibility index (Phi) is 5.16. The molecule has 6 nitrogen and oxygen atoms in total. The quantitative estimate of drug-likeness (QED) is 0.691. The third-order valence-electron chi connectivity index (χ3n) is 5.16. The molecule has 0 spiro atoms. The zero-order chi connectivity index (χ0) is 18.6. The Labute approximate surface area is 158 Å². The van der Waals surface area contributed by atoms with Gasteiger partial charge in [-0.05, 0) is 50.2 Å². The number of carbonyl (C=O) groups is 1. The Morgan fingerprint density at radius 2 is 2.11 bits per heavy atom. The summed E-state index contributed by atoms with van der Waals surface area (Å²) in [6.45, 7) is 2.61. The average molecular weight is 368 g/mol. The molecule has 1 fully saturated rings. The maximum atomic E-state index is 12.5. The van der Waals surface area contributed by atoms with Crippen LogP contribution in [0, 0.1) is 0 Å². The smallest absolute Gasteiger partial charge is 0.224 e. The fourth-order valence-electron chi connectivity index (χ4n) is 3.72. The summed E-state index contributed by atoms with van der Waals surface area (Å²) in [6, 6.07) is 9.59. The van der Waals surface area contributed by atoms with E-state index in [1.165, 1.54) is 12.8 Å². The number of hydrogen-bond donors (Lipinski definition) is 1. The van der Waals surface area contributed by atoms with Gasteiger partial charge >= 0.3 is 0 Å². The molecule has 0 unspecified atom stereocenters. The number of nitrogens with one attached hydrogen (secondary N) is 1. The first-order chi connectivity index (χ1) is 13.2. The first-order valence-corrected chi connectivity index (χ1v) is 9.33. The lowest BCUT2D eigenvalue weighted by Crippen LogP contribution is -2.37. The highest BCUT2D eigenvalue weighted by molar-refractivity contribution is 5.88. The van der Waals surface area contributed by atoms with Gasteiger partial charge in [0.15, 0.2) is 0 Å². The predicted molar refractivity (Wildman–Crippen MR) is 102 cm³/mol. The molecule has 1 amide bonds. The molecule has 3 aromatic rings. The lowest BCUT2D eigenvalue weighted by molar-refractivity contribution is -0.120. The van der Waals surface area contributed by atoms with Crippen LogP contribution in [0.15, 0.2) is 51.7 Å². The molecule has 0 saturated carbocycles. The van der Waals surface area contributed by atoms with Gasteiger partial charge in [-0.2, -0.15) is 0 Å². The van der Waals surface area contributed by atoms with Crippen LogP contribution in [0.5, 0.6) is 5.75 Å². The molecule has 1 aliphatic heterocycles. The van der Waals surface area contributed by atoms with Gasteiger partial charge in [0.25, 0.3) is 0 Å². The summed E-state index contributed by atoms with van der Waals surface area (Å²) in [5.41, 5.74) is 1.60. The van der Waals surface area contributed by atoms with Crippen molar-refractivity contribution in [3.05, 3.63) is 54.2 Å². The number of benzene rings is 1. The van der Waals surface area contributed by atoms with Crippen LogP contribution in [0.1, 0.15) is 30.2 Å². The van der Waals surface area contributed by atoms with Crippen LogP contribution in [0.25, 0.3) is 11.0 Å². The monoisotopic (exact) mass is 368 g/mol. The van der Waals surface area contributed by atoms with E-state index in [2.05, 4.69) is 10.2 Å². The summed E-state index contributed by atoms with van der Waals surface area (Å²) in [4.78, 5) is 14.9. The minimum absolute atomic E-state index is 0.0238. The summed E-state index contributed by atoms with van der Waals surface area (Å²) >= 11 is 0. The number of likely N-dealkylation sites (tertiary alicyclic amines) is 1. The molecule has 1 atom stereocenters. The molecular weight excluding hydrogens is 344 g/mol. The minimum atomic E-state index is -0.0238. The van der Waals surface area contributed by atoms with Crippen molar-refractivity contribution in [2.24, 2.45) is 0 Å². The first kappa shape index (κ1) is 17.7. The Morgan fingerprint density at radius 1 is 1.26 bits per heavy atom. The van der Waals surface area contributed by atoms with Crippen molar-refractivity contribution in [3.63, 3.8) is 0 Å². The van der Waals surface area contributed by atoms with Crippen molar-refractivity contribution in [2.45, 2.75) is 25.3 Å². The maximum absolute atomic E-state index is 12.5. The third kappa shape index (κ3) is 3.85. The van der Waals surface area contributed by atoms with Crippen molar-refractivity contribution in [3.8, 4) is 5.75 Å². The Hall–Kier alpha value is -2.73. The molecule has 0 aliphatic carbocycles. The molecule has 27 heavy (non-hydrogen) atoms. The second-order valence-electron chi connectivity index (χ2n) is 6.88. The van der Waals surface area contributed by atoms with Gasteiger partial charge in [0, 0.05) is 23.6 Å². The summed E-state index contributed by atoms with van der Waals surface area (Å²) in [5, 5.41) is 4.00. The minimum Gasteiger partial charge on any atom is -0.497 e. The van der Waals surface area contributed by atoms with Gasteiger partial charge in [0.1, 0.15) is 17.1 Å². The summed E-state index contributed by atoms with van der Waals surface area (Å²) in [6.07, 6.45) is 6.00. The van der Waals surface area contributed by atoms with Crippen molar-refractivity contribution in [2.75, 3.05) is 26.7 Å². The molecule has 142 valence electrons. The van der Waals surface area contributed by atoms with Crippen LogP contribution in [0.3, 0.4) is 0 Å². The highest BCUT2D eigenvalue weighted by atomic mass is 16.5. The van der Waals surface area contributed by atoms with Gasteiger partial charge in [-0.15, -0.1) is 0 Å². The summed E-state index contributed by atoms with van der Waals surface area (Å²) < 4.78 is 16.4. The molecule has 1 aromatic carbocycles. The molecule has 3 heterocycles. The Balaban J connectivity index is 1.41. The number of fused-ring (bicyclic) bond motifs is 1. The Morgan fingerprint density at radius 3 is 2.85 bits per heavy atom. The van der Waals surface area contributed by atoms with Gasteiger partial charge in [0.2, 0.25) is 5.91 Å². The van der Waals surface area contributed by atoms with Crippen LogP contribution in [-0.4, -0.2) is 37.6 Å². The molecule has 0 radical (unpaired) electrons. The van der Waals surface area contributed by atoms with Crippen molar-refractivity contribution in [1.82, 2.24) is 10.2 Å². The van der Waals surface area contributed by atoms with Gasteiger partial charge in [0.05, 0.1) is 32.1 Å². The highest BCUT2D eigenvalue weighted by Gasteiger charge is 2.26. The fourth-order valence-corrected chi connectivity index (χ4v) is 3.72. The highest BCUT2D eigenvalue weighted by Crippen LogP contribution is 2.27. The molecule has 1 aliphatic rings. The first-order valence-electron chi connectivity index (χ1n) is 9.33. The van der Waals surface area contributed by atoms with E-state index in [0.717, 1.165) is 41.1 Å². The number of carbonyl (C=O) groups excluding carboxylic acids is 1. The molecule has 1 saturated heterocycles. The summed E-state index contributed by atoms with van der Waals surface area (Å²) in [5.74, 6) is 1.61. The van der Waals surface area contributed by atoms with E-state index >= 15 is 0 Å². The van der Waals surface area contributed by atoms with Gasteiger partial charge < -0.3 is 18.9 Å². The van der Waals surface area contributed by atoms with Crippen molar-refractivity contribution < 1.29 is 18.4 Å². The number of furan rings is 2. The van der Waals surface area contributed by atoms with E-state index < -0.39 is 0 Å². The molecular formula is C21H24N2O4.